The van der Waals surface area contributed by atoms with Gasteiger partial charge >= 0.3 is 12.2 Å². The second kappa shape index (κ2) is 8.32. The molecule has 1 aliphatic heterocycles. The number of urea groups is 1. The van der Waals surface area contributed by atoms with Crippen molar-refractivity contribution in [2.24, 2.45) is 0 Å². The van der Waals surface area contributed by atoms with E-state index in [-0.39, 0.29) is 5.69 Å². The van der Waals surface area contributed by atoms with E-state index >= 15 is 0 Å². The minimum atomic E-state index is -4.53. The normalized spacial score (nSPS) is 14.7. The first-order valence-corrected chi connectivity index (χ1v) is 8.93. The highest BCUT2D eigenvalue weighted by atomic mass is 19.4. The van der Waals surface area contributed by atoms with E-state index < -0.39 is 17.8 Å². The van der Waals surface area contributed by atoms with E-state index in [9.17, 15) is 18.0 Å². The number of carbonyl (C=O) groups is 1. The second-order valence-corrected chi connectivity index (χ2v) is 6.25. The molecule has 1 saturated heterocycles. The molecule has 150 valence electrons. The van der Waals surface area contributed by atoms with Crippen LogP contribution in [0.15, 0.2) is 36.4 Å². The Morgan fingerprint density at radius 2 is 1.79 bits per heavy atom. The Labute approximate surface area is 160 Å². The number of hydrogen-bond acceptors (Lipinski definition) is 5. The molecule has 0 radical (unpaired) electrons. The average Bonchev–Trinajstić information content (AvgIpc) is 2.68. The molecule has 1 fully saturated rings. The third kappa shape index (κ3) is 4.62. The fraction of sp³-hybridized carbons (Fsp3) is 0.389. The van der Waals surface area contributed by atoms with Crippen molar-refractivity contribution < 1.29 is 18.0 Å². The molecule has 0 spiro atoms. The Bertz CT molecular complexity index is 804. The van der Waals surface area contributed by atoms with Crippen molar-refractivity contribution in [3.05, 3.63) is 42.0 Å². The first-order chi connectivity index (χ1) is 13.4. The van der Waals surface area contributed by atoms with Gasteiger partial charge in [-0.25, -0.2) is 4.79 Å². The predicted molar refractivity (Wildman–Crippen MR) is 100 cm³/mol. The summed E-state index contributed by atoms with van der Waals surface area (Å²) in [7, 11) is 0. The minimum Gasteiger partial charge on any atom is -0.369 e. The zero-order chi connectivity index (χ0) is 20.1. The summed E-state index contributed by atoms with van der Waals surface area (Å²) < 4.78 is 39.2. The number of para-hydroxylation sites is 1. The largest absolute Gasteiger partial charge is 0.418 e. The Hall–Kier alpha value is -3.04. The van der Waals surface area contributed by atoms with Crippen molar-refractivity contribution in [3.63, 3.8) is 0 Å². The van der Waals surface area contributed by atoms with Crippen molar-refractivity contribution in [2.75, 3.05) is 48.3 Å². The molecule has 0 unspecified atom stereocenters. The van der Waals surface area contributed by atoms with Crippen LogP contribution in [0.4, 0.5) is 35.3 Å². The fourth-order valence-electron chi connectivity index (χ4n) is 2.94. The highest BCUT2D eigenvalue weighted by molar-refractivity contribution is 5.90. The number of piperazine rings is 1. The lowest BCUT2D eigenvalue weighted by Crippen LogP contribution is -2.50. The molecule has 2 amide bonds. The van der Waals surface area contributed by atoms with E-state index in [0.717, 1.165) is 12.6 Å². The zero-order valence-corrected chi connectivity index (χ0v) is 15.3. The number of anilines is 3. The summed E-state index contributed by atoms with van der Waals surface area (Å²) in [5, 5.41) is 13.7. The van der Waals surface area contributed by atoms with Gasteiger partial charge in [0.1, 0.15) is 5.82 Å². The van der Waals surface area contributed by atoms with Gasteiger partial charge in [-0.1, -0.05) is 12.1 Å². The smallest absolute Gasteiger partial charge is 0.369 e. The van der Waals surface area contributed by atoms with Gasteiger partial charge in [-0.15, -0.1) is 10.2 Å². The lowest BCUT2D eigenvalue weighted by molar-refractivity contribution is -0.136. The number of aromatic nitrogens is 2. The Kier molecular flexibility index (Phi) is 5.86. The first-order valence-electron chi connectivity index (χ1n) is 8.93. The maximum Gasteiger partial charge on any atom is 0.418 e. The number of alkyl halides is 3. The zero-order valence-electron chi connectivity index (χ0n) is 15.3. The van der Waals surface area contributed by atoms with Crippen LogP contribution in [0.2, 0.25) is 0 Å². The maximum absolute atomic E-state index is 13.1. The molecular weight excluding hydrogens is 373 g/mol. The molecular formula is C18H21F3N6O. The lowest BCUT2D eigenvalue weighted by atomic mass is 10.1. The topological polar surface area (TPSA) is 73.4 Å². The molecule has 7 nitrogen and oxygen atoms in total. The highest BCUT2D eigenvalue weighted by Gasteiger charge is 2.34. The van der Waals surface area contributed by atoms with Gasteiger partial charge in [0, 0.05) is 32.7 Å². The van der Waals surface area contributed by atoms with Crippen LogP contribution in [0.25, 0.3) is 0 Å². The van der Waals surface area contributed by atoms with Gasteiger partial charge in [0.25, 0.3) is 0 Å². The lowest BCUT2D eigenvalue weighted by Gasteiger charge is -2.35. The van der Waals surface area contributed by atoms with E-state index in [1.807, 2.05) is 24.0 Å². The van der Waals surface area contributed by atoms with Crippen LogP contribution in [-0.2, 0) is 6.18 Å². The third-order valence-electron chi connectivity index (χ3n) is 4.37. The summed E-state index contributed by atoms with van der Waals surface area (Å²) in [4.78, 5) is 15.9. The summed E-state index contributed by atoms with van der Waals surface area (Å²) in [5.74, 6) is 1.39. The Morgan fingerprint density at radius 1 is 1.07 bits per heavy atom. The number of nitrogens with one attached hydrogen (secondary N) is 2. The van der Waals surface area contributed by atoms with Gasteiger partial charge < -0.3 is 20.4 Å². The molecule has 1 aromatic carbocycles. The van der Waals surface area contributed by atoms with E-state index in [2.05, 4.69) is 20.8 Å². The molecule has 0 aliphatic carbocycles. The molecule has 28 heavy (non-hydrogen) atoms. The van der Waals surface area contributed by atoms with Gasteiger partial charge in [-0.05, 0) is 31.2 Å². The molecule has 3 rings (SSSR count). The predicted octanol–water partition coefficient (Wildman–Crippen LogP) is 3.28. The van der Waals surface area contributed by atoms with Crippen molar-refractivity contribution in [1.82, 2.24) is 15.1 Å². The quantitative estimate of drug-likeness (QED) is 0.833. The summed E-state index contributed by atoms with van der Waals surface area (Å²) >= 11 is 0. The van der Waals surface area contributed by atoms with Crippen LogP contribution >= 0.6 is 0 Å². The Morgan fingerprint density at radius 3 is 2.39 bits per heavy atom. The van der Waals surface area contributed by atoms with Crippen LogP contribution in [0.1, 0.15) is 12.5 Å². The maximum atomic E-state index is 13.1. The van der Waals surface area contributed by atoms with Crippen molar-refractivity contribution in [3.8, 4) is 0 Å². The second-order valence-electron chi connectivity index (χ2n) is 6.25. The number of amides is 2. The first kappa shape index (κ1) is 19.7. The van der Waals surface area contributed by atoms with Crippen LogP contribution in [0.5, 0.6) is 0 Å². The molecule has 2 aromatic rings. The summed E-state index contributed by atoms with van der Waals surface area (Å²) in [5.41, 5.74) is -1.11. The standard InChI is InChI=1S/C18H21F3N6O/c1-2-22-15-7-8-16(25-24-15)26-9-11-27(12-10-26)17(28)23-14-6-4-3-5-13(14)18(19,20)21/h3-8H,2,9-12H2,1H3,(H,22,24)(H,23,28). The number of nitrogens with zero attached hydrogens (tertiary/aromatic N) is 4. The van der Waals surface area contributed by atoms with Gasteiger partial charge in [0.05, 0.1) is 11.3 Å². The molecule has 2 heterocycles. The van der Waals surface area contributed by atoms with E-state index in [0.29, 0.717) is 37.8 Å². The molecule has 1 aromatic heterocycles. The number of hydrogen-bond donors (Lipinski definition) is 2. The molecule has 2 N–H and O–H groups in total. The van der Waals surface area contributed by atoms with Crippen LogP contribution in [-0.4, -0.2) is 53.9 Å². The molecule has 10 heteroatoms. The monoisotopic (exact) mass is 394 g/mol. The van der Waals surface area contributed by atoms with Crippen LogP contribution in [0.3, 0.4) is 0 Å². The van der Waals surface area contributed by atoms with Crippen LogP contribution in [0, 0.1) is 0 Å². The molecule has 0 atom stereocenters. The Balaban J connectivity index is 1.59. The molecule has 0 saturated carbocycles. The summed E-state index contributed by atoms with van der Waals surface area (Å²) in [6.45, 7) is 4.49. The number of carbonyl (C=O) groups excluding carboxylic acids is 1. The van der Waals surface area contributed by atoms with Gasteiger partial charge in [-0.3, -0.25) is 0 Å². The molecule has 1 aliphatic rings. The average molecular weight is 394 g/mol. The summed E-state index contributed by atoms with van der Waals surface area (Å²) in [6, 6.07) is 8.07. The minimum absolute atomic E-state index is 0.243. The highest BCUT2D eigenvalue weighted by Crippen LogP contribution is 2.34. The van der Waals surface area contributed by atoms with E-state index in [1.54, 1.807) is 0 Å². The van der Waals surface area contributed by atoms with Gasteiger partial charge in [0.2, 0.25) is 0 Å². The van der Waals surface area contributed by atoms with E-state index in [4.69, 9.17) is 0 Å². The number of rotatable bonds is 4. The third-order valence-corrected chi connectivity index (χ3v) is 4.37. The van der Waals surface area contributed by atoms with Crippen molar-refractivity contribution in [2.45, 2.75) is 13.1 Å². The van der Waals surface area contributed by atoms with Gasteiger partial charge in [0.15, 0.2) is 5.82 Å². The van der Waals surface area contributed by atoms with Crippen molar-refractivity contribution >= 4 is 23.4 Å². The summed E-state index contributed by atoms with van der Waals surface area (Å²) in [6.07, 6.45) is -4.53. The fourth-order valence-corrected chi connectivity index (χ4v) is 2.94. The number of benzene rings is 1. The molecule has 0 bridgehead atoms. The van der Waals surface area contributed by atoms with E-state index in [1.165, 1.54) is 23.1 Å². The van der Waals surface area contributed by atoms with Crippen LogP contribution < -0.4 is 15.5 Å². The van der Waals surface area contributed by atoms with Gasteiger partial charge in [-0.2, -0.15) is 13.2 Å². The SMILES string of the molecule is CCNc1ccc(N2CCN(C(=O)Nc3ccccc3C(F)(F)F)CC2)nn1. The number of halogens is 3. The van der Waals surface area contributed by atoms with Crippen molar-refractivity contribution in [1.29, 1.82) is 0 Å².